The molecule has 2 saturated heterocycles. The zero-order chi connectivity index (χ0) is 18.0. The minimum absolute atomic E-state index is 0.0294. The molecule has 2 amide bonds. The van der Waals surface area contributed by atoms with Crippen molar-refractivity contribution < 1.29 is 9.59 Å². The number of para-hydroxylation sites is 1. The topological polar surface area (TPSA) is 66.6 Å². The van der Waals surface area contributed by atoms with Gasteiger partial charge in [-0.2, -0.15) is 0 Å². The molecule has 3 rings (SSSR count). The predicted molar refractivity (Wildman–Crippen MR) is 99.3 cm³/mol. The van der Waals surface area contributed by atoms with Crippen LogP contribution in [-0.4, -0.2) is 41.9 Å². The van der Waals surface area contributed by atoms with E-state index < -0.39 is 0 Å². The Morgan fingerprint density at radius 3 is 2.80 bits per heavy atom. The van der Waals surface area contributed by atoms with E-state index in [2.05, 4.69) is 13.0 Å². The second kappa shape index (κ2) is 7.56. The Morgan fingerprint density at radius 2 is 2.08 bits per heavy atom. The number of benzene rings is 1. The molecule has 2 fully saturated rings. The standard InChI is InChI=1S/C20H29N3O2/c1-3-15-8-4-5-10-18(15)23-13-16(12-19(23)24)20(25)22-11-7-6-9-17(22)14(2)21/h4-5,8,10,14,16-17H,3,6-7,9,11-13,21H2,1-2H3. The zero-order valence-electron chi connectivity index (χ0n) is 15.3. The van der Waals surface area contributed by atoms with Crippen LogP contribution < -0.4 is 10.6 Å². The number of nitrogens with zero attached hydrogens (tertiary/aromatic N) is 2. The van der Waals surface area contributed by atoms with Gasteiger partial charge in [0.1, 0.15) is 0 Å². The minimum Gasteiger partial charge on any atom is -0.338 e. The van der Waals surface area contributed by atoms with E-state index in [1.807, 2.05) is 30.0 Å². The first-order valence-corrected chi connectivity index (χ1v) is 9.47. The third-order valence-electron chi connectivity index (χ3n) is 5.58. The molecule has 0 bridgehead atoms. The predicted octanol–water partition coefficient (Wildman–Crippen LogP) is 2.33. The summed E-state index contributed by atoms with van der Waals surface area (Å²) in [5.74, 6) is -0.0998. The lowest BCUT2D eigenvalue weighted by molar-refractivity contribution is -0.139. The van der Waals surface area contributed by atoms with E-state index in [-0.39, 0.29) is 29.8 Å². The molecule has 25 heavy (non-hydrogen) atoms. The smallest absolute Gasteiger partial charge is 0.228 e. The molecule has 2 N–H and O–H groups in total. The van der Waals surface area contributed by atoms with Crippen molar-refractivity contribution in [2.45, 2.75) is 58.0 Å². The fourth-order valence-electron chi connectivity index (χ4n) is 4.19. The van der Waals surface area contributed by atoms with Crippen molar-refractivity contribution in [2.24, 2.45) is 11.7 Å². The average Bonchev–Trinajstić information content (AvgIpc) is 3.02. The number of likely N-dealkylation sites (tertiary alicyclic amines) is 1. The van der Waals surface area contributed by atoms with Gasteiger partial charge in [-0.25, -0.2) is 0 Å². The van der Waals surface area contributed by atoms with Crippen LogP contribution in [0.2, 0.25) is 0 Å². The quantitative estimate of drug-likeness (QED) is 0.912. The number of amides is 2. The van der Waals surface area contributed by atoms with E-state index in [1.54, 1.807) is 4.90 Å². The van der Waals surface area contributed by atoms with Crippen molar-refractivity contribution in [3.05, 3.63) is 29.8 Å². The lowest BCUT2D eigenvalue weighted by atomic mass is 9.94. The van der Waals surface area contributed by atoms with Gasteiger partial charge in [0.25, 0.3) is 0 Å². The van der Waals surface area contributed by atoms with Crippen molar-refractivity contribution >= 4 is 17.5 Å². The highest BCUT2D eigenvalue weighted by molar-refractivity contribution is 6.00. The van der Waals surface area contributed by atoms with Crippen molar-refractivity contribution in [1.29, 1.82) is 0 Å². The van der Waals surface area contributed by atoms with E-state index in [1.165, 1.54) is 0 Å². The molecule has 136 valence electrons. The molecule has 2 aliphatic heterocycles. The second-order valence-electron chi connectivity index (χ2n) is 7.34. The van der Waals surface area contributed by atoms with Crippen LogP contribution in [0.15, 0.2) is 24.3 Å². The molecule has 1 aromatic carbocycles. The van der Waals surface area contributed by atoms with Gasteiger partial charge >= 0.3 is 0 Å². The maximum absolute atomic E-state index is 13.1. The summed E-state index contributed by atoms with van der Waals surface area (Å²) >= 11 is 0. The van der Waals surface area contributed by atoms with E-state index in [4.69, 9.17) is 5.73 Å². The van der Waals surface area contributed by atoms with Gasteiger partial charge < -0.3 is 15.5 Å². The van der Waals surface area contributed by atoms with Crippen LogP contribution in [-0.2, 0) is 16.0 Å². The van der Waals surface area contributed by atoms with Crippen LogP contribution >= 0.6 is 0 Å². The largest absolute Gasteiger partial charge is 0.338 e. The molecular weight excluding hydrogens is 314 g/mol. The number of nitrogens with two attached hydrogens (primary N) is 1. The Hall–Kier alpha value is -1.88. The first-order chi connectivity index (χ1) is 12.0. The van der Waals surface area contributed by atoms with Gasteiger partial charge in [0.15, 0.2) is 0 Å². The first-order valence-electron chi connectivity index (χ1n) is 9.47. The molecule has 2 aliphatic rings. The number of hydrogen-bond acceptors (Lipinski definition) is 3. The van der Waals surface area contributed by atoms with Crippen molar-refractivity contribution in [3.8, 4) is 0 Å². The zero-order valence-corrected chi connectivity index (χ0v) is 15.3. The van der Waals surface area contributed by atoms with E-state index in [9.17, 15) is 9.59 Å². The number of carbonyl (C=O) groups excluding carboxylic acids is 2. The summed E-state index contributed by atoms with van der Waals surface area (Å²) in [5.41, 5.74) is 8.21. The molecule has 0 saturated carbocycles. The fourth-order valence-corrected chi connectivity index (χ4v) is 4.19. The molecule has 0 aliphatic carbocycles. The number of hydrogen-bond donors (Lipinski definition) is 1. The number of rotatable bonds is 4. The summed E-state index contributed by atoms with van der Waals surface area (Å²) in [7, 11) is 0. The highest BCUT2D eigenvalue weighted by Gasteiger charge is 2.40. The minimum atomic E-state index is -0.253. The van der Waals surface area contributed by atoms with Gasteiger partial charge in [-0.05, 0) is 44.2 Å². The lowest BCUT2D eigenvalue weighted by Gasteiger charge is -2.39. The summed E-state index contributed by atoms with van der Waals surface area (Å²) in [5, 5.41) is 0. The third kappa shape index (κ3) is 3.56. The summed E-state index contributed by atoms with van der Waals surface area (Å²) in [6.07, 6.45) is 4.29. The van der Waals surface area contributed by atoms with E-state index in [0.29, 0.717) is 13.0 Å². The monoisotopic (exact) mass is 343 g/mol. The highest BCUT2D eigenvalue weighted by atomic mass is 16.2. The summed E-state index contributed by atoms with van der Waals surface area (Å²) in [4.78, 5) is 29.4. The normalized spacial score (nSPS) is 25.3. The van der Waals surface area contributed by atoms with Crippen LogP contribution in [0.4, 0.5) is 5.69 Å². The first kappa shape index (κ1) is 17.9. The van der Waals surface area contributed by atoms with Gasteiger partial charge in [-0.15, -0.1) is 0 Å². The van der Waals surface area contributed by atoms with Gasteiger partial charge in [0.2, 0.25) is 11.8 Å². The van der Waals surface area contributed by atoms with Crippen molar-refractivity contribution in [3.63, 3.8) is 0 Å². The molecule has 5 nitrogen and oxygen atoms in total. The highest BCUT2D eigenvalue weighted by Crippen LogP contribution is 2.31. The van der Waals surface area contributed by atoms with Crippen molar-refractivity contribution in [2.75, 3.05) is 18.0 Å². The Balaban J connectivity index is 1.76. The number of anilines is 1. The Morgan fingerprint density at radius 1 is 1.32 bits per heavy atom. The second-order valence-corrected chi connectivity index (χ2v) is 7.34. The Kier molecular flexibility index (Phi) is 5.42. The van der Waals surface area contributed by atoms with Crippen LogP contribution in [0.25, 0.3) is 0 Å². The third-order valence-corrected chi connectivity index (χ3v) is 5.58. The Bertz CT molecular complexity index is 644. The Labute approximate surface area is 150 Å². The molecule has 1 aromatic rings. The maximum atomic E-state index is 13.1. The maximum Gasteiger partial charge on any atom is 0.228 e. The number of aryl methyl sites for hydroxylation is 1. The summed E-state index contributed by atoms with van der Waals surface area (Å²) < 4.78 is 0. The molecule has 0 spiro atoms. The van der Waals surface area contributed by atoms with Gasteiger partial charge in [-0.1, -0.05) is 25.1 Å². The average molecular weight is 343 g/mol. The number of piperidine rings is 1. The molecule has 5 heteroatoms. The van der Waals surface area contributed by atoms with E-state index >= 15 is 0 Å². The van der Waals surface area contributed by atoms with Crippen LogP contribution in [0, 0.1) is 5.92 Å². The van der Waals surface area contributed by atoms with Crippen molar-refractivity contribution in [1.82, 2.24) is 4.90 Å². The van der Waals surface area contributed by atoms with E-state index in [0.717, 1.165) is 43.5 Å². The van der Waals surface area contributed by atoms with Gasteiger partial charge in [-0.3, -0.25) is 9.59 Å². The lowest BCUT2D eigenvalue weighted by Crippen LogP contribution is -2.53. The fraction of sp³-hybridized carbons (Fsp3) is 0.600. The van der Waals surface area contributed by atoms with Crippen LogP contribution in [0.1, 0.15) is 45.1 Å². The summed E-state index contributed by atoms with van der Waals surface area (Å²) in [6, 6.07) is 8.05. The molecule has 0 aromatic heterocycles. The molecule has 0 radical (unpaired) electrons. The molecule has 3 unspecified atom stereocenters. The SMILES string of the molecule is CCc1ccccc1N1CC(C(=O)N2CCCCC2C(C)N)CC1=O. The molecule has 2 heterocycles. The van der Waals surface area contributed by atoms with Crippen LogP contribution in [0.5, 0.6) is 0 Å². The van der Waals surface area contributed by atoms with Gasteiger partial charge in [0, 0.05) is 37.3 Å². The summed E-state index contributed by atoms with van der Waals surface area (Å²) in [6.45, 7) is 5.31. The molecule has 3 atom stereocenters. The molecular formula is C20H29N3O2. The van der Waals surface area contributed by atoms with Gasteiger partial charge in [0.05, 0.1) is 5.92 Å². The van der Waals surface area contributed by atoms with Crippen LogP contribution in [0.3, 0.4) is 0 Å². The number of carbonyl (C=O) groups is 2.